The van der Waals surface area contributed by atoms with Crippen molar-refractivity contribution in [3.05, 3.63) is 0 Å². The van der Waals surface area contributed by atoms with Crippen molar-refractivity contribution in [3.8, 4) is 0 Å². The average Bonchev–Trinajstić information content (AvgIpc) is 3.47. The second kappa shape index (κ2) is 70.9. The lowest BCUT2D eigenvalue weighted by Crippen LogP contribution is -2.30. The van der Waals surface area contributed by atoms with Gasteiger partial charge in [0.05, 0.1) is 0 Å². The van der Waals surface area contributed by atoms with E-state index in [1.807, 2.05) is 0 Å². The first-order valence-electron chi connectivity index (χ1n) is 37.5. The molecule has 0 bridgehead atoms. The predicted molar refractivity (Wildman–Crippen MR) is 354 cm³/mol. The van der Waals surface area contributed by atoms with Crippen LogP contribution in [0.2, 0.25) is 0 Å². The minimum atomic E-state index is -0.761. The third kappa shape index (κ3) is 69.1. The van der Waals surface area contributed by atoms with Crippen molar-refractivity contribution in [1.82, 2.24) is 0 Å². The molecule has 0 rings (SSSR count). The highest BCUT2D eigenvalue weighted by atomic mass is 16.6. The summed E-state index contributed by atoms with van der Waals surface area (Å²) < 4.78 is 16.9. The zero-order chi connectivity index (χ0) is 58.5. The molecule has 0 N–H and O–H groups in total. The lowest BCUT2D eigenvalue weighted by molar-refractivity contribution is -0.167. The second-order valence-electron chi connectivity index (χ2n) is 25.9. The molecule has 1 atom stereocenters. The summed E-state index contributed by atoms with van der Waals surface area (Å²) in [5.41, 5.74) is 0. The van der Waals surface area contributed by atoms with Crippen LogP contribution in [0.25, 0.3) is 0 Å². The average molecular weight is 1140 g/mol. The van der Waals surface area contributed by atoms with Crippen molar-refractivity contribution in [2.75, 3.05) is 13.2 Å². The van der Waals surface area contributed by atoms with Crippen LogP contribution >= 0.6 is 0 Å². The Morgan fingerprint density at radius 2 is 0.333 bits per heavy atom. The van der Waals surface area contributed by atoms with Gasteiger partial charge in [-0.1, -0.05) is 406 Å². The normalized spacial score (nSPS) is 11.9. The quantitative estimate of drug-likeness (QED) is 0.0343. The molecule has 0 aromatic carbocycles. The van der Waals surface area contributed by atoms with E-state index in [1.165, 1.54) is 340 Å². The molecular formula is C75H146O6. The number of esters is 3. The van der Waals surface area contributed by atoms with Crippen molar-refractivity contribution in [2.45, 2.75) is 451 Å². The lowest BCUT2D eigenvalue weighted by atomic mass is 10.0. The Kier molecular flexibility index (Phi) is 69.5. The van der Waals surface area contributed by atoms with E-state index in [0.717, 1.165) is 64.2 Å². The van der Waals surface area contributed by atoms with Crippen LogP contribution in [0.3, 0.4) is 0 Å². The van der Waals surface area contributed by atoms with Crippen molar-refractivity contribution < 1.29 is 28.6 Å². The summed E-state index contributed by atoms with van der Waals surface area (Å²) in [4.78, 5) is 38.1. The van der Waals surface area contributed by atoms with Gasteiger partial charge in [-0.05, 0) is 19.3 Å². The summed E-state index contributed by atoms with van der Waals surface area (Å²) in [5.74, 6) is -0.840. The summed E-state index contributed by atoms with van der Waals surface area (Å²) in [6, 6.07) is 0. The molecule has 0 saturated carbocycles. The SMILES string of the molecule is CCCCCCCCCCCCCCCCCCCCCCCCCCCCCCCCC(=O)OCC(COC(=O)CCCCCCC)OC(=O)CCCCCCCCCCCCCCCCCCCCCCCCCCCCCC. The number of carbonyl (C=O) groups excluding carboxylic acids is 3. The van der Waals surface area contributed by atoms with E-state index < -0.39 is 6.10 Å². The minimum Gasteiger partial charge on any atom is -0.462 e. The monoisotopic (exact) mass is 1140 g/mol. The number of hydrogen-bond donors (Lipinski definition) is 0. The molecule has 0 saturated heterocycles. The first kappa shape index (κ1) is 79.4. The molecule has 0 aromatic rings. The van der Waals surface area contributed by atoms with Gasteiger partial charge in [-0.15, -0.1) is 0 Å². The summed E-state index contributed by atoms with van der Waals surface area (Å²) >= 11 is 0. The van der Waals surface area contributed by atoms with E-state index in [4.69, 9.17) is 14.2 Å². The highest BCUT2D eigenvalue weighted by molar-refractivity contribution is 5.71. The number of hydrogen-bond acceptors (Lipinski definition) is 6. The van der Waals surface area contributed by atoms with Crippen molar-refractivity contribution in [3.63, 3.8) is 0 Å². The zero-order valence-corrected chi connectivity index (χ0v) is 55.6. The van der Waals surface area contributed by atoms with Crippen LogP contribution in [0.4, 0.5) is 0 Å². The molecule has 0 aliphatic carbocycles. The third-order valence-corrected chi connectivity index (χ3v) is 17.6. The molecule has 0 aliphatic rings. The van der Waals surface area contributed by atoms with Crippen LogP contribution in [-0.2, 0) is 28.6 Å². The molecule has 1 unspecified atom stereocenters. The highest BCUT2D eigenvalue weighted by Gasteiger charge is 2.20. The van der Waals surface area contributed by atoms with Gasteiger partial charge in [-0.3, -0.25) is 14.4 Å². The lowest BCUT2D eigenvalue weighted by Gasteiger charge is -2.18. The van der Waals surface area contributed by atoms with Gasteiger partial charge in [0.15, 0.2) is 6.10 Å². The Balaban J connectivity index is 3.86. The summed E-state index contributed by atoms with van der Waals surface area (Å²) in [6.45, 7) is 6.66. The van der Waals surface area contributed by atoms with E-state index in [0.29, 0.717) is 19.3 Å². The fourth-order valence-corrected chi connectivity index (χ4v) is 12.0. The fraction of sp³-hybridized carbons (Fsp3) is 0.960. The Morgan fingerprint density at radius 1 is 0.198 bits per heavy atom. The van der Waals surface area contributed by atoms with Crippen molar-refractivity contribution in [1.29, 1.82) is 0 Å². The van der Waals surface area contributed by atoms with Gasteiger partial charge in [-0.2, -0.15) is 0 Å². The predicted octanol–water partition coefficient (Wildman–Crippen LogP) is 25.8. The van der Waals surface area contributed by atoms with Gasteiger partial charge in [0.2, 0.25) is 0 Å². The second-order valence-corrected chi connectivity index (χ2v) is 25.9. The molecule has 0 heterocycles. The van der Waals surface area contributed by atoms with Crippen molar-refractivity contribution >= 4 is 17.9 Å². The summed E-state index contributed by atoms with van der Waals surface area (Å²) in [6.07, 6.45) is 85.1. The van der Waals surface area contributed by atoms with Crippen molar-refractivity contribution in [2.24, 2.45) is 0 Å². The number of carbonyl (C=O) groups is 3. The largest absolute Gasteiger partial charge is 0.462 e. The molecular weight excluding hydrogens is 997 g/mol. The first-order valence-corrected chi connectivity index (χ1v) is 37.5. The molecule has 6 heteroatoms. The maximum atomic E-state index is 12.9. The van der Waals surface area contributed by atoms with Gasteiger partial charge in [-0.25, -0.2) is 0 Å². The smallest absolute Gasteiger partial charge is 0.306 e. The summed E-state index contributed by atoms with van der Waals surface area (Å²) in [7, 11) is 0. The van der Waals surface area contributed by atoms with E-state index in [9.17, 15) is 14.4 Å². The molecule has 0 aliphatic heterocycles. The van der Waals surface area contributed by atoms with Crippen LogP contribution in [0, 0.1) is 0 Å². The number of rotatable bonds is 71. The standard InChI is InChI=1S/C75H146O6/c1-4-7-10-13-15-17-19-21-23-25-27-29-31-33-35-37-38-40-41-43-45-47-49-51-53-55-57-59-62-65-68-74(77)80-71-72(70-79-73(76)67-64-61-12-9-6-3)81-75(78)69-66-63-60-58-56-54-52-50-48-46-44-42-39-36-34-32-30-28-26-24-22-20-18-16-14-11-8-5-2/h72H,4-71H2,1-3H3. The van der Waals surface area contributed by atoms with E-state index >= 15 is 0 Å². The fourth-order valence-electron chi connectivity index (χ4n) is 12.0. The van der Waals surface area contributed by atoms with E-state index in [1.54, 1.807) is 0 Å². The van der Waals surface area contributed by atoms with Gasteiger partial charge in [0, 0.05) is 19.3 Å². The van der Waals surface area contributed by atoms with Crippen LogP contribution in [0.1, 0.15) is 445 Å². The maximum Gasteiger partial charge on any atom is 0.306 e. The Hall–Kier alpha value is -1.59. The minimum absolute atomic E-state index is 0.0620. The van der Waals surface area contributed by atoms with Crippen LogP contribution < -0.4 is 0 Å². The van der Waals surface area contributed by atoms with Crippen LogP contribution in [-0.4, -0.2) is 37.2 Å². The zero-order valence-electron chi connectivity index (χ0n) is 55.6. The van der Waals surface area contributed by atoms with Gasteiger partial charge >= 0.3 is 17.9 Å². The molecule has 0 radical (unpaired) electrons. The van der Waals surface area contributed by atoms with Gasteiger partial charge < -0.3 is 14.2 Å². The van der Waals surface area contributed by atoms with Crippen LogP contribution in [0.5, 0.6) is 0 Å². The molecule has 6 nitrogen and oxygen atoms in total. The van der Waals surface area contributed by atoms with Gasteiger partial charge in [0.25, 0.3) is 0 Å². The number of unbranched alkanes of at least 4 members (excludes halogenated alkanes) is 60. The molecule has 0 fully saturated rings. The van der Waals surface area contributed by atoms with E-state index in [-0.39, 0.29) is 31.1 Å². The molecule has 0 spiro atoms. The molecule has 81 heavy (non-hydrogen) atoms. The maximum absolute atomic E-state index is 12.9. The Labute approximate surface area is 508 Å². The third-order valence-electron chi connectivity index (χ3n) is 17.6. The summed E-state index contributed by atoms with van der Waals surface area (Å²) in [5, 5.41) is 0. The van der Waals surface area contributed by atoms with E-state index in [2.05, 4.69) is 20.8 Å². The Bertz CT molecular complexity index is 1220. The Morgan fingerprint density at radius 3 is 0.494 bits per heavy atom. The topological polar surface area (TPSA) is 78.9 Å². The molecule has 0 amide bonds. The van der Waals surface area contributed by atoms with Crippen LogP contribution in [0.15, 0.2) is 0 Å². The highest BCUT2D eigenvalue weighted by Crippen LogP contribution is 2.20. The number of ether oxygens (including phenoxy) is 3. The first-order chi connectivity index (χ1) is 40.0. The molecule has 482 valence electrons. The molecule has 0 aromatic heterocycles. The van der Waals surface area contributed by atoms with Gasteiger partial charge in [0.1, 0.15) is 13.2 Å².